The van der Waals surface area contributed by atoms with E-state index in [0.29, 0.717) is 0 Å². The molecule has 0 saturated heterocycles. The minimum absolute atomic E-state index is 0.748. The van der Waals surface area contributed by atoms with Crippen LogP contribution in [0.25, 0.3) is 5.82 Å². The van der Waals surface area contributed by atoms with Crippen LogP contribution in [0.4, 0.5) is 5.82 Å². The van der Waals surface area contributed by atoms with Crippen molar-refractivity contribution >= 4 is 5.82 Å². The minimum Gasteiger partial charge on any atom is -0.373 e. The van der Waals surface area contributed by atoms with Gasteiger partial charge in [0.25, 0.3) is 0 Å². The summed E-state index contributed by atoms with van der Waals surface area (Å²) in [5.41, 5.74) is 0. The Morgan fingerprint density at radius 2 is 2.19 bits per heavy atom. The third-order valence-corrected chi connectivity index (χ3v) is 2.36. The third kappa shape index (κ3) is 1.88. The Balaban J connectivity index is 2.51. The average molecular weight is 217 g/mol. The van der Waals surface area contributed by atoms with Gasteiger partial charge in [0, 0.05) is 31.9 Å². The number of nitrogens with one attached hydrogen (secondary N) is 1. The van der Waals surface area contributed by atoms with Gasteiger partial charge >= 0.3 is 0 Å². The van der Waals surface area contributed by atoms with Crippen LogP contribution >= 0.6 is 0 Å². The van der Waals surface area contributed by atoms with Crippen LogP contribution in [0.5, 0.6) is 0 Å². The molecule has 2 aromatic rings. The van der Waals surface area contributed by atoms with E-state index < -0.39 is 0 Å². The van der Waals surface area contributed by atoms with Crippen molar-refractivity contribution in [3.8, 4) is 5.82 Å². The third-order valence-electron chi connectivity index (χ3n) is 2.36. The van der Waals surface area contributed by atoms with E-state index in [1.165, 1.54) is 0 Å². The summed E-state index contributed by atoms with van der Waals surface area (Å²) >= 11 is 0. The Morgan fingerprint density at radius 1 is 1.38 bits per heavy atom. The summed E-state index contributed by atoms with van der Waals surface area (Å²) in [7, 11) is 1.85. The summed E-state index contributed by atoms with van der Waals surface area (Å²) in [6.45, 7) is 3.96. The molecule has 0 unspecified atom stereocenters. The molecule has 2 rings (SSSR count). The van der Waals surface area contributed by atoms with Crippen LogP contribution in [0, 0.1) is 6.92 Å². The molecule has 2 heterocycles. The molecule has 0 bridgehead atoms. The molecule has 0 aliphatic carbocycles. The molecule has 0 aromatic carbocycles. The zero-order valence-corrected chi connectivity index (χ0v) is 9.73. The van der Waals surface area contributed by atoms with Gasteiger partial charge in [0.1, 0.15) is 23.3 Å². The van der Waals surface area contributed by atoms with Crippen molar-refractivity contribution in [2.24, 2.45) is 0 Å². The normalized spacial score (nSPS) is 10.4. The van der Waals surface area contributed by atoms with Crippen LogP contribution in [0.3, 0.4) is 0 Å². The standard InChI is InChI=1S/C11H15N5/c1-4-10-13-5-6-16(10)11-7-9(12-3)14-8(2)15-11/h5-7H,4H2,1-3H3,(H,12,14,15). The average Bonchev–Trinajstić information content (AvgIpc) is 2.76. The Bertz CT molecular complexity index is 489. The fraction of sp³-hybridized carbons (Fsp3) is 0.364. The highest BCUT2D eigenvalue weighted by molar-refractivity contribution is 5.41. The molecule has 0 atom stereocenters. The van der Waals surface area contributed by atoms with E-state index in [4.69, 9.17) is 0 Å². The number of rotatable bonds is 3. The molecule has 0 aliphatic heterocycles. The van der Waals surface area contributed by atoms with E-state index in [-0.39, 0.29) is 0 Å². The maximum absolute atomic E-state index is 4.40. The topological polar surface area (TPSA) is 55.6 Å². The second-order valence-electron chi connectivity index (χ2n) is 3.48. The van der Waals surface area contributed by atoms with E-state index in [1.807, 2.05) is 30.8 Å². The number of imidazole rings is 1. The van der Waals surface area contributed by atoms with Crippen molar-refractivity contribution in [1.82, 2.24) is 19.5 Å². The summed E-state index contributed by atoms with van der Waals surface area (Å²) < 4.78 is 1.98. The van der Waals surface area contributed by atoms with Crippen LogP contribution in [0.15, 0.2) is 18.5 Å². The Labute approximate surface area is 94.6 Å². The van der Waals surface area contributed by atoms with Crippen LogP contribution < -0.4 is 5.32 Å². The van der Waals surface area contributed by atoms with E-state index >= 15 is 0 Å². The molecule has 16 heavy (non-hydrogen) atoms. The first-order chi connectivity index (χ1) is 7.74. The fourth-order valence-corrected chi connectivity index (χ4v) is 1.61. The van der Waals surface area contributed by atoms with Gasteiger partial charge in [0.15, 0.2) is 0 Å². The van der Waals surface area contributed by atoms with E-state index in [9.17, 15) is 0 Å². The summed E-state index contributed by atoms with van der Waals surface area (Å²) in [4.78, 5) is 12.9. The van der Waals surface area contributed by atoms with Gasteiger partial charge in [0.2, 0.25) is 0 Å². The minimum atomic E-state index is 0.748. The summed E-state index contributed by atoms with van der Waals surface area (Å²) in [5, 5.41) is 3.02. The van der Waals surface area contributed by atoms with Crippen LogP contribution in [0.1, 0.15) is 18.6 Å². The monoisotopic (exact) mass is 217 g/mol. The number of aryl methyl sites for hydroxylation is 2. The first-order valence-electron chi connectivity index (χ1n) is 5.30. The van der Waals surface area contributed by atoms with Crippen molar-refractivity contribution in [3.05, 3.63) is 30.1 Å². The van der Waals surface area contributed by atoms with E-state index in [2.05, 4.69) is 27.2 Å². The van der Waals surface area contributed by atoms with Crippen molar-refractivity contribution in [1.29, 1.82) is 0 Å². The molecule has 84 valence electrons. The Morgan fingerprint density at radius 3 is 2.88 bits per heavy atom. The molecular formula is C11H15N5. The number of hydrogen-bond donors (Lipinski definition) is 1. The van der Waals surface area contributed by atoms with Gasteiger partial charge in [-0.3, -0.25) is 4.57 Å². The first kappa shape index (κ1) is 10.6. The molecular weight excluding hydrogens is 202 g/mol. The van der Waals surface area contributed by atoms with Crippen molar-refractivity contribution in [3.63, 3.8) is 0 Å². The smallest absolute Gasteiger partial charge is 0.143 e. The van der Waals surface area contributed by atoms with Gasteiger partial charge in [-0.1, -0.05) is 6.92 Å². The number of nitrogens with zero attached hydrogens (tertiary/aromatic N) is 4. The Kier molecular flexibility index (Phi) is 2.85. The SMILES string of the molecule is CCc1nccn1-c1cc(NC)nc(C)n1. The van der Waals surface area contributed by atoms with Gasteiger partial charge in [-0.25, -0.2) is 15.0 Å². The lowest BCUT2D eigenvalue weighted by Crippen LogP contribution is -2.05. The molecule has 0 saturated carbocycles. The maximum atomic E-state index is 4.40. The van der Waals surface area contributed by atoms with Crippen molar-refractivity contribution in [2.75, 3.05) is 12.4 Å². The van der Waals surface area contributed by atoms with Crippen molar-refractivity contribution in [2.45, 2.75) is 20.3 Å². The molecule has 0 amide bonds. The van der Waals surface area contributed by atoms with Crippen molar-refractivity contribution < 1.29 is 0 Å². The molecule has 1 N–H and O–H groups in total. The molecule has 0 radical (unpaired) electrons. The van der Waals surface area contributed by atoms with Gasteiger partial charge in [-0.15, -0.1) is 0 Å². The summed E-state index contributed by atoms with van der Waals surface area (Å²) in [6.07, 6.45) is 4.58. The zero-order chi connectivity index (χ0) is 11.5. The number of hydrogen-bond acceptors (Lipinski definition) is 4. The fourth-order valence-electron chi connectivity index (χ4n) is 1.61. The molecule has 0 spiro atoms. The predicted molar refractivity (Wildman–Crippen MR) is 62.8 cm³/mol. The molecule has 5 heteroatoms. The largest absolute Gasteiger partial charge is 0.373 e. The predicted octanol–water partition coefficient (Wildman–Crippen LogP) is 1.57. The van der Waals surface area contributed by atoms with Gasteiger partial charge in [0.05, 0.1) is 0 Å². The van der Waals surface area contributed by atoms with Gasteiger partial charge < -0.3 is 5.32 Å². The van der Waals surface area contributed by atoms with Gasteiger partial charge in [-0.2, -0.15) is 0 Å². The quantitative estimate of drug-likeness (QED) is 0.848. The highest BCUT2D eigenvalue weighted by Gasteiger charge is 2.06. The lowest BCUT2D eigenvalue weighted by molar-refractivity contribution is 0.852. The van der Waals surface area contributed by atoms with Crippen LogP contribution in [0.2, 0.25) is 0 Å². The molecule has 0 fully saturated rings. The number of aromatic nitrogens is 4. The summed E-state index contributed by atoms with van der Waals surface area (Å²) in [6, 6.07) is 1.91. The number of anilines is 1. The van der Waals surface area contributed by atoms with Gasteiger partial charge in [-0.05, 0) is 6.92 Å². The highest BCUT2D eigenvalue weighted by atomic mass is 15.1. The first-order valence-corrected chi connectivity index (χ1v) is 5.30. The lowest BCUT2D eigenvalue weighted by atomic mass is 10.4. The highest BCUT2D eigenvalue weighted by Crippen LogP contribution is 2.12. The van der Waals surface area contributed by atoms with Crippen LogP contribution in [-0.4, -0.2) is 26.6 Å². The molecule has 0 aliphatic rings. The maximum Gasteiger partial charge on any atom is 0.143 e. The lowest BCUT2D eigenvalue weighted by Gasteiger charge is -2.08. The van der Waals surface area contributed by atoms with Crippen LogP contribution in [-0.2, 0) is 6.42 Å². The van der Waals surface area contributed by atoms with E-state index in [0.717, 1.165) is 29.7 Å². The Hall–Kier alpha value is -1.91. The second-order valence-corrected chi connectivity index (χ2v) is 3.48. The second kappa shape index (κ2) is 4.30. The molecule has 5 nitrogen and oxygen atoms in total. The zero-order valence-electron chi connectivity index (χ0n) is 9.73. The molecule has 2 aromatic heterocycles. The summed E-state index contributed by atoms with van der Waals surface area (Å²) in [5.74, 6) is 3.42. The van der Waals surface area contributed by atoms with E-state index in [1.54, 1.807) is 6.20 Å².